The number of aromatic hydroxyl groups is 1. The summed E-state index contributed by atoms with van der Waals surface area (Å²) in [5.41, 5.74) is 1.16. The molecule has 1 aromatic carbocycles. The fourth-order valence-electron chi connectivity index (χ4n) is 9.43. The molecule has 3 heteroatoms. The molecule has 1 rings (SSSR count). The van der Waals surface area contributed by atoms with Crippen molar-refractivity contribution in [3.05, 3.63) is 48.6 Å². The molecule has 368 valence electrons. The third kappa shape index (κ3) is 41.4. The summed E-state index contributed by atoms with van der Waals surface area (Å²) in [4.78, 5) is 0. The molecular formula is C60H110O3. The minimum absolute atomic E-state index is 0.209. The second kappa shape index (κ2) is 48.2. The first-order valence-electron chi connectivity index (χ1n) is 28.5. The zero-order chi connectivity index (χ0) is 45.4. The minimum atomic E-state index is -0.458. The van der Waals surface area contributed by atoms with Gasteiger partial charge in [0.25, 0.3) is 0 Å². The normalized spacial score (nSPS) is 12.7. The summed E-state index contributed by atoms with van der Waals surface area (Å²) < 4.78 is 6.54. The van der Waals surface area contributed by atoms with Crippen LogP contribution < -0.4 is 4.74 Å². The van der Waals surface area contributed by atoms with Gasteiger partial charge in [0.05, 0.1) is 6.10 Å². The zero-order valence-corrected chi connectivity index (χ0v) is 42.7. The van der Waals surface area contributed by atoms with E-state index in [0.29, 0.717) is 0 Å². The molecule has 0 bridgehead atoms. The Balaban J connectivity index is 2.19. The topological polar surface area (TPSA) is 49.7 Å². The summed E-state index contributed by atoms with van der Waals surface area (Å²) in [6.45, 7) is 8.38. The van der Waals surface area contributed by atoms with Gasteiger partial charge in [-0.1, -0.05) is 257 Å². The first-order chi connectivity index (χ1) is 31.1. The van der Waals surface area contributed by atoms with Crippen molar-refractivity contribution in [2.45, 2.75) is 321 Å². The number of hydrogen-bond donors (Lipinski definition) is 2. The van der Waals surface area contributed by atoms with Gasteiger partial charge in [0.15, 0.2) is 0 Å². The van der Waals surface area contributed by atoms with E-state index < -0.39 is 6.10 Å². The van der Waals surface area contributed by atoms with E-state index in [1.165, 1.54) is 257 Å². The van der Waals surface area contributed by atoms with Crippen LogP contribution in [0.1, 0.15) is 308 Å². The summed E-state index contributed by atoms with van der Waals surface area (Å²) in [6, 6.07) is 5.80. The average molecular weight is 880 g/mol. The number of phenolic OH excluding ortho intramolecular Hbond substituents is 1. The standard InChI is InChI=1S/C60H110O3/c1-4-7-10-13-16-18-20-22-24-25-26-27-28-29-30-31-32-33-35-36-38-40-42-44-47-50-56-53-57(61)55-58(54-56)63-60(52-49-46-15-12-9-6-3)59(62)51-48-45-43-41-39-37-34-23-21-19-17-14-11-8-5-2/h5,22,24,53-55,59-62H,2,4,6-21,23,25-52H2,1,3H3/b24-22-. The average Bonchev–Trinajstić information content (AvgIpc) is 3.28. The number of aliphatic hydroxyl groups excluding tert-OH is 1. The molecule has 0 spiro atoms. The Kier molecular flexibility index (Phi) is 45.4. The van der Waals surface area contributed by atoms with Crippen LogP contribution in [0.2, 0.25) is 0 Å². The Hall–Kier alpha value is -1.74. The van der Waals surface area contributed by atoms with Gasteiger partial charge in [0.1, 0.15) is 17.6 Å². The number of rotatable bonds is 51. The van der Waals surface area contributed by atoms with E-state index in [1.807, 2.05) is 12.1 Å². The fraction of sp³-hybridized carbons (Fsp3) is 0.833. The highest BCUT2D eigenvalue weighted by Gasteiger charge is 2.21. The molecule has 0 radical (unpaired) electrons. The number of allylic oxidation sites excluding steroid dienone is 3. The minimum Gasteiger partial charge on any atom is -0.508 e. The van der Waals surface area contributed by atoms with Gasteiger partial charge < -0.3 is 14.9 Å². The third-order valence-corrected chi connectivity index (χ3v) is 13.6. The van der Waals surface area contributed by atoms with Crippen LogP contribution in [0.3, 0.4) is 0 Å². The van der Waals surface area contributed by atoms with Crippen molar-refractivity contribution in [1.82, 2.24) is 0 Å². The van der Waals surface area contributed by atoms with Gasteiger partial charge >= 0.3 is 0 Å². The highest BCUT2D eigenvalue weighted by atomic mass is 16.5. The van der Waals surface area contributed by atoms with E-state index >= 15 is 0 Å². The van der Waals surface area contributed by atoms with Crippen molar-refractivity contribution >= 4 is 0 Å². The molecule has 0 aromatic heterocycles. The molecule has 0 aliphatic heterocycles. The smallest absolute Gasteiger partial charge is 0.124 e. The van der Waals surface area contributed by atoms with Gasteiger partial charge in [-0.05, 0) is 88.3 Å². The second-order valence-electron chi connectivity index (χ2n) is 19.9. The molecule has 3 nitrogen and oxygen atoms in total. The molecule has 1 aromatic rings. The fourth-order valence-corrected chi connectivity index (χ4v) is 9.43. The summed E-state index contributed by atoms with van der Waals surface area (Å²) in [5.74, 6) is 1.01. The lowest BCUT2D eigenvalue weighted by molar-refractivity contribution is 0.0229. The maximum Gasteiger partial charge on any atom is 0.124 e. The van der Waals surface area contributed by atoms with Gasteiger partial charge in [-0.3, -0.25) is 0 Å². The highest BCUT2D eigenvalue weighted by molar-refractivity contribution is 5.37. The molecule has 0 saturated heterocycles. The number of unbranched alkanes of at least 4 members (excludes halogenated alkanes) is 39. The summed E-state index contributed by atoms with van der Waals surface area (Å²) in [5, 5.41) is 22.0. The van der Waals surface area contributed by atoms with Gasteiger partial charge in [-0.2, -0.15) is 0 Å². The van der Waals surface area contributed by atoms with E-state index in [2.05, 4.69) is 38.6 Å². The van der Waals surface area contributed by atoms with E-state index in [4.69, 9.17) is 4.74 Å². The van der Waals surface area contributed by atoms with Crippen molar-refractivity contribution in [3.8, 4) is 11.5 Å². The molecule has 0 fully saturated rings. The van der Waals surface area contributed by atoms with Crippen molar-refractivity contribution in [2.24, 2.45) is 0 Å². The van der Waals surface area contributed by atoms with Crippen LogP contribution in [-0.4, -0.2) is 22.4 Å². The number of aryl methyl sites for hydroxylation is 1. The van der Waals surface area contributed by atoms with Gasteiger partial charge in [-0.25, -0.2) is 0 Å². The van der Waals surface area contributed by atoms with Gasteiger partial charge in [-0.15, -0.1) is 6.58 Å². The largest absolute Gasteiger partial charge is 0.508 e. The molecule has 2 unspecified atom stereocenters. The van der Waals surface area contributed by atoms with Crippen LogP contribution >= 0.6 is 0 Å². The summed E-state index contributed by atoms with van der Waals surface area (Å²) in [6.07, 6.45) is 66.3. The third-order valence-electron chi connectivity index (χ3n) is 13.6. The zero-order valence-electron chi connectivity index (χ0n) is 42.7. The lowest BCUT2D eigenvalue weighted by atomic mass is 9.99. The molecular weight excluding hydrogens is 769 g/mol. The molecule has 0 aliphatic carbocycles. The predicted molar refractivity (Wildman–Crippen MR) is 281 cm³/mol. The first kappa shape index (κ1) is 59.3. The second-order valence-corrected chi connectivity index (χ2v) is 19.9. The van der Waals surface area contributed by atoms with Crippen molar-refractivity contribution in [3.63, 3.8) is 0 Å². The maximum atomic E-state index is 11.4. The Labute approximate surface area is 394 Å². The molecule has 0 aliphatic rings. The number of benzene rings is 1. The summed E-state index contributed by atoms with van der Waals surface area (Å²) in [7, 11) is 0. The Morgan fingerprint density at radius 1 is 0.429 bits per heavy atom. The van der Waals surface area contributed by atoms with Gasteiger partial charge in [0, 0.05) is 6.07 Å². The van der Waals surface area contributed by atoms with Crippen LogP contribution in [0.4, 0.5) is 0 Å². The van der Waals surface area contributed by atoms with Crippen molar-refractivity contribution < 1.29 is 14.9 Å². The Morgan fingerprint density at radius 3 is 1.19 bits per heavy atom. The number of hydrogen-bond acceptors (Lipinski definition) is 3. The lowest BCUT2D eigenvalue weighted by Gasteiger charge is -2.25. The van der Waals surface area contributed by atoms with Crippen LogP contribution in [0.15, 0.2) is 43.0 Å². The SMILES string of the molecule is C=CCCCCCCCCCCCCCCCC(O)C(CCCCCCCC)Oc1cc(O)cc(CCCCCCCCCCCCCCCCC/C=C\CCCCCCCC)c1. The molecule has 63 heavy (non-hydrogen) atoms. The van der Waals surface area contributed by atoms with E-state index in [1.54, 1.807) is 6.07 Å². The van der Waals surface area contributed by atoms with Crippen LogP contribution in [0.5, 0.6) is 11.5 Å². The highest BCUT2D eigenvalue weighted by Crippen LogP contribution is 2.27. The number of ether oxygens (including phenoxy) is 1. The van der Waals surface area contributed by atoms with Crippen LogP contribution in [0.25, 0.3) is 0 Å². The van der Waals surface area contributed by atoms with Crippen molar-refractivity contribution in [1.29, 1.82) is 0 Å². The number of aliphatic hydroxyl groups is 1. The molecule has 2 N–H and O–H groups in total. The Morgan fingerprint density at radius 2 is 0.778 bits per heavy atom. The monoisotopic (exact) mass is 879 g/mol. The van der Waals surface area contributed by atoms with Crippen LogP contribution in [-0.2, 0) is 6.42 Å². The predicted octanol–water partition coefficient (Wildman–Crippen LogP) is 20.4. The molecule has 0 saturated carbocycles. The van der Waals surface area contributed by atoms with E-state index in [9.17, 15) is 10.2 Å². The summed E-state index contributed by atoms with van der Waals surface area (Å²) >= 11 is 0. The van der Waals surface area contributed by atoms with Crippen LogP contribution in [0, 0.1) is 0 Å². The van der Waals surface area contributed by atoms with Gasteiger partial charge in [0.2, 0.25) is 0 Å². The molecule has 0 amide bonds. The van der Waals surface area contributed by atoms with E-state index in [0.717, 1.165) is 49.8 Å². The maximum absolute atomic E-state index is 11.4. The van der Waals surface area contributed by atoms with E-state index in [-0.39, 0.29) is 11.9 Å². The van der Waals surface area contributed by atoms with Crippen molar-refractivity contribution in [2.75, 3.05) is 0 Å². The quantitative estimate of drug-likeness (QED) is 0.0506. The lowest BCUT2D eigenvalue weighted by Crippen LogP contribution is -2.32. The molecule has 2 atom stereocenters. The molecule has 0 heterocycles. The first-order valence-corrected chi connectivity index (χ1v) is 28.5. The Bertz CT molecular complexity index is 1090. The number of phenols is 1.